The fourth-order valence-electron chi connectivity index (χ4n) is 2.81. The standard InChI is InChI=1S/C20H12F2N2O4S/c1-10-18-13(8-15(17-3-2-6-29-17)23-19(18)28-24-10)20(26)27-9-16(25)12-5-4-11(21)7-14(12)22/h2-8H,9H2,1H3. The number of ether oxygens (including phenoxy) is 1. The molecule has 9 heteroatoms. The lowest BCUT2D eigenvalue weighted by molar-refractivity contribution is 0.0475. The van der Waals surface area contributed by atoms with Gasteiger partial charge in [0, 0.05) is 6.07 Å². The van der Waals surface area contributed by atoms with Crippen molar-refractivity contribution in [2.45, 2.75) is 6.92 Å². The Morgan fingerprint density at radius 1 is 1.17 bits per heavy atom. The molecular weight excluding hydrogens is 402 g/mol. The highest BCUT2D eigenvalue weighted by Crippen LogP contribution is 2.29. The van der Waals surface area contributed by atoms with E-state index in [1.165, 1.54) is 17.4 Å². The lowest BCUT2D eigenvalue weighted by Crippen LogP contribution is -2.16. The number of ketones is 1. The lowest BCUT2D eigenvalue weighted by Gasteiger charge is -2.07. The molecule has 29 heavy (non-hydrogen) atoms. The molecule has 0 bridgehead atoms. The van der Waals surface area contributed by atoms with Gasteiger partial charge in [-0.05, 0) is 36.6 Å². The number of aryl methyl sites for hydroxylation is 1. The van der Waals surface area contributed by atoms with Gasteiger partial charge >= 0.3 is 5.97 Å². The number of rotatable bonds is 5. The van der Waals surface area contributed by atoms with Gasteiger partial charge in [0.1, 0.15) is 11.6 Å². The Labute approximate surface area is 166 Å². The maximum atomic E-state index is 13.7. The number of carbonyl (C=O) groups excluding carboxylic acids is 2. The van der Waals surface area contributed by atoms with Crippen molar-refractivity contribution in [2.75, 3.05) is 6.61 Å². The van der Waals surface area contributed by atoms with Crippen LogP contribution in [0.1, 0.15) is 26.4 Å². The van der Waals surface area contributed by atoms with E-state index in [0.29, 0.717) is 22.8 Å². The predicted molar refractivity (Wildman–Crippen MR) is 101 cm³/mol. The summed E-state index contributed by atoms with van der Waals surface area (Å²) in [4.78, 5) is 30.0. The van der Waals surface area contributed by atoms with E-state index in [2.05, 4.69) is 10.1 Å². The first kappa shape index (κ1) is 18.9. The summed E-state index contributed by atoms with van der Waals surface area (Å²) in [6, 6.07) is 7.76. The number of thiophene rings is 1. The van der Waals surface area contributed by atoms with E-state index in [1.54, 1.807) is 6.92 Å². The van der Waals surface area contributed by atoms with Gasteiger partial charge in [0.25, 0.3) is 5.71 Å². The van der Waals surface area contributed by atoms with Crippen LogP contribution in [0.4, 0.5) is 8.78 Å². The normalized spacial score (nSPS) is 11.0. The molecule has 0 unspecified atom stereocenters. The first-order chi connectivity index (χ1) is 13.9. The summed E-state index contributed by atoms with van der Waals surface area (Å²) < 4.78 is 37.0. The van der Waals surface area contributed by atoms with E-state index in [-0.39, 0.29) is 16.8 Å². The Morgan fingerprint density at radius 2 is 2.00 bits per heavy atom. The molecule has 0 N–H and O–H groups in total. The van der Waals surface area contributed by atoms with Crippen LogP contribution >= 0.6 is 11.3 Å². The Morgan fingerprint density at radius 3 is 2.72 bits per heavy atom. The average Bonchev–Trinajstić information content (AvgIpc) is 3.35. The molecule has 6 nitrogen and oxygen atoms in total. The fraction of sp³-hybridized carbons (Fsp3) is 0.100. The maximum absolute atomic E-state index is 13.7. The topological polar surface area (TPSA) is 82.3 Å². The SMILES string of the molecule is Cc1noc2nc(-c3cccs3)cc(C(=O)OCC(=O)c3ccc(F)cc3F)c12. The third-order valence-electron chi connectivity index (χ3n) is 4.18. The zero-order valence-corrected chi connectivity index (χ0v) is 15.8. The monoisotopic (exact) mass is 414 g/mol. The molecule has 0 aliphatic heterocycles. The van der Waals surface area contributed by atoms with Crippen LogP contribution in [0.2, 0.25) is 0 Å². The number of halogens is 2. The smallest absolute Gasteiger partial charge is 0.339 e. The molecule has 4 aromatic rings. The van der Waals surface area contributed by atoms with Gasteiger partial charge < -0.3 is 9.26 Å². The van der Waals surface area contributed by atoms with Crippen molar-refractivity contribution in [3.05, 3.63) is 70.2 Å². The fourth-order valence-corrected chi connectivity index (χ4v) is 3.49. The molecule has 0 atom stereocenters. The highest BCUT2D eigenvalue weighted by Gasteiger charge is 2.22. The van der Waals surface area contributed by atoms with E-state index in [0.717, 1.165) is 17.0 Å². The number of benzene rings is 1. The summed E-state index contributed by atoms with van der Waals surface area (Å²) in [5, 5.41) is 6.06. The van der Waals surface area contributed by atoms with Gasteiger partial charge in [0.15, 0.2) is 6.61 Å². The third-order valence-corrected chi connectivity index (χ3v) is 5.07. The summed E-state index contributed by atoms with van der Waals surface area (Å²) in [5.74, 6) is -3.43. The molecule has 0 fully saturated rings. The molecular formula is C20H12F2N2O4S. The van der Waals surface area contributed by atoms with Gasteiger partial charge in [0.2, 0.25) is 5.78 Å². The number of fused-ring (bicyclic) bond motifs is 1. The molecule has 3 aromatic heterocycles. The van der Waals surface area contributed by atoms with Crippen LogP contribution in [0.25, 0.3) is 21.7 Å². The number of hydrogen-bond donors (Lipinski definition) is 0. The van der Waals surface area contributed by atoms with Gasteiger partial charge in [-0.15, -0.1) is 11.3 Å². The molecule has 0 aliphatic rings. The molecule has 0 aliphatic carbocycles. The summed E-state index contributed by atoms with van der Waals surface area (Å²) in [6.45, 7) is 0.942. The Hall–Kier alpha value is -3.46. The lowest BCUT2D eigenvalue weighted by atomic mass is 10.1. The maximum Gasteiger partial charge on any atom is 0.339 e. The Balaban J connectivity index is 1.62. The van der Waals surface area contributed by atoms with Crippen LogP contribution in [-0.2, 0) is 4.74 Å². The number of Topliss-reactive ketones (excluding diaryl/α,β-unsaturated/α-hetero) is 1. The highest BCUT2D eigenvalue weighted by molar-refractivity contribution is 7.13. The van der Waals surface area contributed by atoms with E-state index in [4.69, 9.17) is 9.26 Å². The molecule has 0 spiro atoms. The zero-order chi connectivity index (χ0) is 20.5. The summed E-state index contributed by atoms with van der Waals surface area (Å²) >= 11 is 1.43. The first-order valence-corrected chi connectivity index (χ1v) is 9.28. The molecule has 0 saturated carbocycles. The van der Waals surface area contributed by atoms with Crippen LogP contribution in [0.3, 0.4) is 0 Å². The van der Waals surface area contributed by atoms with Gasteiger partial charge in [0.05, 0.1) is 32.8 Å². The van der Waals surface area contributed by atoms with Crippen molar-refractivity contribution in [3.8, 4) is 10.6 Å². The van der Waals surface area contributed by atoms with E-state index in [1.807, 2.05) is 17.5 Å². The van der Waals surface area contributed by atoms with Gasteiger partial charge in [-0.3, -0.25) is 4.79 Å². The summed E-state index contributed by atoms with van der Waals surface area (Å²) in [6.07, 6.45) is 0. The van der Waals surface area contributed by atoms with Crippen molar-refractivity contribution in [1.29, 1.82) is 0 Å². The largest absolute Gasteiger partial charge is 0.454 e. The quantitative estimate of drug-likeness (QED) is 0.351. The number of carbonyl (C=O) groups is 2. The van der Waals surface area contributed by atoms with Crippen LogP contribution in [0.5, 0.6) is 0 Å². The summed E-state index contributed by atoms with van der Waals surface area (Å²) in [5.41, 5.74) is 0.861. The van der Waals surface area contributed by atoms with Gasteiger partial charge in [-0.25, -0.2) is 18.6 Å². The minimum absolute atomic E-state index is 0.129. The van der Waals surface area contributed by atoms with Crippen molar-refractivity contribution in [3.63, 3.8) is 0 Å². The molecule has 1 aromatic carbocycles. The predicted octanol–water partition coefficient (Wildman–Crippen LogP) is 4.58. The molecule has 0 radical (unpaired) electrons. The molecule has 3 heterocycles. The second kappa shape index (κ2) is 7.51. The summed E-state index contributed by atoms with van der Waals surface area (Å²) in [7, 11) is 0. The number of nitrogens with zero attached hydrogens (tertiary/aromatic N) is 2. The van der Waals surface area contributed by atoms with E-state index >= 15 is 0 Å². The zero-order valence-electron chi connectivity index (χ0n) is 14.9. The minimum atomic E-state index is -1.02. The molecule has 0 saturated heterocycles. The minimum Gasteiger partial charge on any atom is -0.454 e. The van der Waals surface area contributed by atoms with Crippen molar-refractivity contribution in [2.24, 2.45) is 0 Å². The van der Waals surface area contributed by atoms with E-state index < -0.39 is 30.0 Å². The van der Waals surface area contributed by atoms with Crippen molar-refractivity contribution >= 4 is 34.2 Å². The second-order valence-corrected chi connectivity index (χ2v) is 7.05. The van der Waals surface area contributed by atoms with Crippen molar-refractivity contribution < 1.29 is 27.6 Å². The first-order valence-electron chi connectivity index (χ1n) is 8.40. The number of hydrogen-bond acceptors (Lipinski definition) is 7. The second-order valence-electron chi connectivity index (χ2n) is 6.10. The van der Waals surface area contributed by atoms with Crippen molar-refractivity contribution in [1.82, 2.24) is 10.1 Å². The van der Waals surface area contributed by atoms with Crippen LogP contribution in [-0.4, -0.2) is 28.5 Å². The Bertz CT molecular complexity index is 1230. The number of aromatic nitrogens is 2. The number of esters is 1. The average molecular weight is 414 g/mol. The molecule has 146 valence electrons. The van der Waals surface area contributed by atoms with Gasteiger partial charge in [-0.1, -0.05) is 11.2 Å². The number of pyridine rings is 1. The van der Waals surface area contributed by atoms with Crippen LogP contribution in [0, 0.1) is 18.6 Å². The van der Waals surface area contributed by atoms with E-state index in [9.17, 15) is 18.4 Å². The molecule has 4 rings (SSSR count). The Kier molecular flexibility index (Phi) is 4.89. The van der Waals surface area contributed by atoms with Crippen LogP contribution < -0.4 is 0 Å². The van der Waals surface area contributed by atoms with Crippen LogP contribution in [0.15, 0.2) is 46.3 Å². The molecule has 0 amide bonds. The highest BCUT2D eigenvalue weighted by atomic mass is 32.1. The third kappa shape index (κ3) is 3.64. The van der Waals surface area contributed by atoms with Gasteiger partial charge in [-0.2, -0.15) is 0 Å².